The molecule has 0 aromatic carbocycles. The molecule has 0 atom stereocenters. The van der Waals surface area contributed by atoms with Gasteiger partial charge in [0.05, 0.1) is 5.97 Å². The molecule has 1 aliphatic rings. The Hall–Kier alpha value is -1.29. The highest BCUT2D eigenvalue weighted by atomic mass is 35.5. The summed E-state index contributed by atoms with van der Waals surface area (Å²) in [6.07, 6.45) is 1.15. The highest BCUT2D eigenvalue weighted by Gasteiger charge is 2.20. The average Bonchev–Trinajstić information content (AvgIpc) is 2.30. The monoisotopic (exact) mass is 187 g/mol. The molecule has 64 valence electrons. The van der Waals surface area contributed by atoms with Crippen LogP contribution < -0.4 is 5.11 Å². The van der Waals surface area contributed by atoms with E-state index in [0.717, 1.165) is 6.08 Å². The third-order valence-corrected chi connectivity index (χ3v) is 1.59. The molecular formula is C7H4ClO4-. The van der Waals surface area contributed by atoms with Crippen LogP contribution in [0.3, 0.4) is 0 Å². The van der Waals surface area contributed by atoms with Gasteiger partial charge in [0, 0.05) is 11.6 Å². The second-order valence-corrected chi connectivity index (χ2v) is 2.57. The predicted molar refractivity (Wildman–Crippen MR) is 37.7 cm³/mol. The summed E-state index contributed by atoms with van der Waals surface area (Å²) in [6.45, 7) is 1.27. The highest BCUT2D eigenvalue weighted by Crippen LogP contribution is 2.22. The molecule has 0 aliphatic carbocycles. The van der Waals surface area contributed by atoms with E-state index < -0.39 is 11.9 Å². The van der Waals surface area contributed by atoms with Crippen LogP contribution in [0.15, 0.2) is 22.4 Å². The van der Waals surface area contributed by atoms with Gasteiger partial charge in [0.15, 0.2) is 0 Å². The van der Waals surface area contributed by atoms with E-state index in [9.17, 15) is 14.7 Å². The van der Waals surface area contributed by atoms with Gasteiger partial charge in [-0.15, -0.1) is 0 Å². The molecule has 0 aromatic rings. The summed E-state index contributed by atoms with van der Waals surface area (Å²) in [6, 6.07) is 0. The number of aliphatic carboxylic acids is 1. The van der Waals surface area contributed by atoms with Crippen molar-refractivity contribution in [2.75, 3.05) is 0 Å². The van der Waals surface area contributed by atoms with E-state index in [0.29, 0.717) is 0 Å². The van der Waals surface area contributed by atoms with Crippen LogP contribution in [-0.4, -0.2) is 11.9 Å². The van der Waals surface area contributed by atoms with Crippen molar-refractivity contribution in [1.29, 1.82) is 0 Å². The third kappa shape index (κ3) is 1.48. The van der Waals surface area contributed by atoms with E-state index in [4.69, 9.17) is 11.6 Å². The second-order valence-electron chi connectivity index (χ2n) is 2.16. The minimum atomic E-state index is -1.39. The molecule has 0 unspecified atom stereocenters. The van der Waals surface area contributed by atoms with Crippen molar-refractivity contribution in [2.45, 2.75) is 6.92 Å². The van der Waals surface area contributed by atoms with E-state index in [-0.39, 0.29) is 16.4 Å². The number of allylic oxidation sites excluding steroid dienone is 1. The SMILES string of the molecule is C/C(C(=O)[O-])=C1/C=C(Cl)C(=O)O1. The van der Waals surface area contributed by atoms with Gasteiger partial charge < -0.3 is 14.6 Å². The molecule has 1 aliphatic heterocycles. The molecule has 0 radical (unpaired) electrons. The number of rotatable bonds is 1. The first-order chi connectivity index (χ1) is 5.52. The molecule has 0 aromatic heterocycles. The first-order valence-electron chi connectivity index (χ1n) is 3.04. The molecule has 0 bridgehead atoms. The van der Waals surface area contributed by atoms with E-state index in [1.54, 1.807) is 0 Å². The second kappa shape index (κ2) is 2.98. The van der Waals surface area contributed by atoms with Crippen molar-refractivity contribution in [1.82, 2.24) is 0 Å². The Kier molecular flexibility index (Phi) is 2.19. The van der Waals surface area contributed by atoms with E-state index in [1.807, 2.05) is 0 Å². The van der Waals surface area contributed by atoms with Gasteiger partial charge in [-0.25, -0.2) is 4.79 Å². The van der Waals surface area contributed by atoms with Gasteiger partial charge in [0.25, 0.3) is 0 Å². The normalized spacial score (nSPS) is 20.2. The summed E-state index contributed by atoms with van der Waals surface area (Å²) in [5, 5.41) is 10.1. The fourth-order valence-corrected chi connectivity index (χ4v) is 0.775. The number of halogens is 1. The number of hydrogen-bond donors (Lipinski definition) is 0. The van der Waals surface area contributed by atoms with Crippen molar-refractivity contribution < 1.29 is 19.4 Å². The molecular weight excluding hydrogens is 184 g/mol. The highest BCUT2D eigenvalue weighted by molar-refractivity contribution is 6.42. The number of ether oxygens (including phenoxy) is 1. The lowest BCUT2D eigenvalue weighted by Gasteiger charge is -2.03. The van der Waals surface area contributed by atoms with Crippen molar-refractivity contribution in [3.05, 3.63) is 22.4 Å². The standard InChI is InChI=1S/C7H5ClO4/c1-3(6(9)10)5-2-4(8)7(11)12-5/h2H,1H3,(H,9,10)/p-1/b5-3+. The summed E-state index contributed by atoms with van der Waals surface area (Å²) >= 11 is 5.35. The first-order valence-corrected chi connectivity index (χ1v) is 3.41. The van der Waals surface area contributed by atoms with Gasteiger partial charge >= 0.3 is 5.97 Å². The largest absolute Gasteiger partial charge is 0.545 e. The lowest BCUT2D eigenvalue weighted by molar-refractivity contribution is -0.299. The minimum absolute atomic E-state index is 0.0648. The Labute approximate surface area is 73.1 Å². The maximum absolute atomic E-state index is 10.6. The Balaban J connectivity index is 3.03. The Bertz CT molecular complexity index is 313. The Morgan fingerprint density at radius 1 is 1.67 bits per heavy atom. The van der Waals surface area contributed by atoms with Crippen LogP contribution in [0.1, 0.15) is 6.92 Å². The minimum Gasteiger partial charge on any atom is -0.545 e. The van der Waals surface area contributed by atoms with Gasteiger partial charge in [0.1, 0.15) is 10.8 Å². The number of carboxylic acid groups (broad SMARTS) is 1. The van der Waals surface area contributed by atoms with Gasteiger partial charge in [-0.1, -0.05) is 11.6 Å². The van der Waals surface area contributed by atoms with Gasteiger partial charge in [-0.3, -0.25) is 0 Å². The van der Waals surface area contributed by atoms with Gasteiger partial charge in [-0.2, -0.15) is 0 Å². The number of hydrogen-bond acceptors (Lipinski definition) is 4. The van der Waals surface area contributed by atoms with Gasteiger partial charge in [-0.05, 0) is 6.92 Å². The zero-order valence-electron chi connectivity index (χ0n) is 6.09. The molecule has 5 heteroatoms. The van der Waals surface area contributed by atoms with Crippen molar-refractivity contribution in [2.24, 2.45) is 0 Å². The fourth-order valence-electron chi connectivity index (χ4n) is 0.637. The maximum Gasteiger partial charge on any atom is 0.355 e. The number of carbonyl (C=O) groups is 2. The van der Waals surface area contributed by atoms with Crippen molar-refractivity contribution in [3.8, 4) is 0 Å². The number of cyclic esters (lactones) is 1. The van der Waals surface area contributed by atoms with Crippen LogP contribution >= 0.6 is 11.6 Å². The Morgan fingerprint density at radius 3 is 2.58 bits per heavy atom. The summed E-state index contributed by atoms with van der Waals surface area (Å²) in [5.41, 5.74) is -0.154. The molecule has 12 heavy (non-hydrogen) atoms. The van der Waals surface area contributed by atoms with E-state index in [2.05, 4.69) is 4.74 Å². The molecule has 0 fully saturated rings. The lowest BCUT2D eigenvalue weighted by atomic mass is 10.2. The van der Waals surface area contributed by atoms with Crippen LogP contribution in [0.4, 0.5) is 0 Å². The Morgan fingerprint density at radius 2 is 2.25 bits per heavy atom. The summed E-state index contributed by atoms with van der Waals surface area (Å²) in [5.74, 6) is -2.20. The molecule has 0 amide bonds. The first kappa shape index (κ1) is 8.80. The molecule has 0 N–H and O–H groups in total. The maximum atomic E-state index is 10.6. The predicted octanol–water partition coefficient (Wildman–Crippen LogP) is -0.310. The topological polar surface area (TPSA) is 66.4 Å². The van der Waals surface area contributed by atoms with Crippen LogP contribution in [0.5, 0.6) is 0 Å². The van der Waals surface area contributed by atoms with Crippen LogP contribution in [0.2, 0.25) is 0 Å². The summed E-state index contributed by atoms with van der Waals surface area (Å²) in [4.78, 5) is 20.9. The summed E-state index contributed by atoms with van der Waals surface area (Å²) in [7, 11) is 0. The fraction of sp³-hybridized carbons (Fsp3) is 0.143. The molecule has 1 heterocycles. The lowest BCUT2D eigenvalue weighted by Crippen LogP contribution is -2.24. The van der Waals surface area contributed by atoms with Crippen LogP contribution in [0, 0.1) is 0 Å². The average molecular weight is 188 g/mol. The molecule has 0 saturated heterocycles. The van der Waals surface area contributed by atoms with E-state index in [1.165, 1.54) is 6.92 Å². The van der Waals surface area contributed by atoms with Crippen molar-refractivity contribution in [3.63, 3.8) is 0 Å². The number of carbonyl (C=O) groups excluding carboxylic acids is 2. The molecule has 0 saturated carbocycles. The number of esters is 1. The zero-order valence-corrected chi connectivity index (χ0v) is 6.84. The van der Waals surface area contributed by atoms with Gasteiger partial charge in [0.2, 0.25) is 0 Å². The summed E-state index contributed by atoms with van der Waals surface area (Å²) < 4.78 is 4.49. The number of carboxylic acids is 1. The van der Waals surface area contributed by atoms with Crippen LogP contribution in [-0.2, 0) is 14.3 Å². The van der Waals surface area contributed by atoms with Crippen molar-refractivity contribution >= 4 is 23.5 Å². The molecule has 0 spiro atoms. The zero-order chi connectivity index (χ0) is 9.30. The van der Waals surface area contributed by atoms with Crippen LogP contribution in [0.25, 0.3) is 0 Å². The molecule has 1 rings (SSSR count). The third-order valence-electron chi connectivity index (χ3n) is 1.33. The molecule has 4 nitrogen and oxygen atoms in total. The van der Waals surface area contributed by atoms with E-state index >= 15 is 0 Å². The smallest absolute Gasteiger partial charge is 0.355 e. The quantitative estimate of drug-likeness (QED) is 0.417.